The molecule has 0 saturated heterocycles. The van der Waals surface area contributed by atoms with E-state index in [1.165, 1.54) is 0 Å². The Hall–Kier alpha value is -1.79. The summed E-state index contributed by atoms with van der Waals surface area (Å²) in [5, 5.41) is 9.69. The van der Waals surface area contributed by atoms with Gasteiger partial charge in [0.05, 0.1) is 23.2 Å². The van der Waals surface area contributed by atoms with Crippen molar-refractivity contribution < 1.29 is 9.53 Å². The van der Waals surface area contributed by atoms with Gasteiger partial charge in [-0.25, -0.2) is 0 Å². The molecule has 1 amide bonds. The summed E-state index contributed by atoms with van der Waals surface area (Å²) in [5.41, 5.74) is 0.487. The van der Waals surface area contributed by atoms with Crippen LogP contribution in [0.15, 0.2) is 29.3 Å². The number of guanidine groups is 1. The Bertz CT molecular complexity index is 599. The number of nitrogens with zero attached hydrogens (tertiary/aromatic N) is 1. The number of rotatable bonds is 8. The fourth-order valence-corrected chi connectivity index (χ4v) is 2.54. The summed E-state index contributed by atoms with van der Waals surface area (Å²) in [6.45, 7) is 10.7. The van der Waals surface area contributed by atoms with E-state index in [1.54, 1.807) is 31.4 Å². The first-order chi connectivity index (χ1) is 12.3. The van der Waals surface area contributed by atoms with Crippen molar-refractivity contribution in [3.05, 3.63) is 34.9 Å². The van der Waals surface area contributed by atoms with E-state index in [-0.39, 0.29) is 17.4 Å². The minimum atomic E-state index is -0.188. The number of aliphatic imine (C=N–C) groups is 1. The molecule has 0 aliphatic rings. The van der Waals surface area contributed by atoms with Gasteiger partial charge in [-0.05, 0) is 24.5 Å². The number of carbonyl (C=O) groups excluding carboxylic acids is 1. The summed E-state index contributed by atoms with van der Waals surface area (Å²) >= 11 is 6.03. The molecule has 0 aliphatic carbocycles. The molecule has 0 aromatic heterocycles. The zero-order chi connectivity index (χ0) is 19.6. The second kappa shape index (κ2) is 11.0. The van der Waals surface area contributed by atoms with Gasteiger partial charge in [0.2, 0.25) is 0 Å². The Morgan fingerprint density at radius 2 is 1.85 bits per heavy atom. The van der Waals surface area contributed by atoms with Crippen molar-refractivity contribution in [3.63, 3.8) is 0 Å². The largest absolute Gasteiger partial charge is 0.379 e. The highest BCUT2D eigenvalue weighted by molar-refractivity contribution is 6.33. The SMILES string of the molecule is CCNC(=NCC(OC)C(C)(C)C)NCCNC(=O)c1ccccc1Cl. The maximum absolute atomic E-state index is 12.1. The predicted molar refractivity (Wildman–Crippen MR) is 108 cm³/mol. The molecule has 1 aromatic rings. The summed E-state index contributed by atoms with van der Waals surface area (Å²) in [4.78, 5) is 16.7. The summed E-state index contributed by atoms with van der Waals surface area (Å²) < 4.78 is 5.53. The average Bonchev–Trinajstić information content (AvgIpc) is 2.58. The van der Waals surface area contributed by atoms with Gasteiger partial charge in [0.15, 0.2) is 5.96 Å². The molecule has 1 aromatic carbocycles. The highest BCUT2D eigenvalue weighted by Crippen LogP contribution is 2.21. The average molecular weight is 383 g/mol. The van der Waals surface area contributed by atoms with Gasteiger partial charge >= 0.3 is 0 Å². The van der Waals surface area contributed by atoms with E-state index in [9.17, 15) is 4.79 Å². The lowest BCUT2D eigenvalue weighted by molar-refractivity contribution is 0.0241. The van der Waals surface area contributed by atoms with E-state index in [0.29, 0.717) is 36.2 Å². The first-order valence-electron chi connectivity index (χ1n) is 8.87. The van der Waals surface area contributed by atoms with Crippen molar-refractivity contribution in [2.45, 2.75) is 33.8 Å². The highest BCUT2D eigenvalue weighted by Gasteiger charge is 2.24. The van der Waals surface area contributed by atoms with Crippen LogP contribution in [0.5, 0.6) is 0 Å². The Kier molecular flexibility index (Phi) is 9.44. The smallest absolute Gasteiger partial charge is 0.252 e. The van der Waals surface area contributed by atoms with Crippen LogP contribution in [0.3, 0.4) is 0 Å². The van der Waals surface area contributed by atoms with Crippen LogP contribution < -0.4 is 16.0 Å². The van der Waals surface area contributed by atoms with E-state index in [0.717, 1.165) is 6.54 Å². The van der Waals surface area contributed by atoms with E-state index in [2.05, 4.69) is 41.7 Å². The van der Waals surface area contributed by atoms with Crippen LogP contribution in [0.1, 0.15) is 38.1 Å². The lowest BCUT2D eigenvalue weighted by Gasteiger charge is -2.28. The van der Waals surface area contributed by atoms with Crippen LogP contribution in [0.2, 0.25) is 5.02 Å². The molecule has 0 bridgehead atoms. The molecule has 0 radical (unpaired) electrons. The highest BCUT2D eigenvalue weighted by atomic mass is 35.5. The predicted octanol–water partition coefficient (Wildman–Crippen LogP) is 2.69. The van der Waals surface area contributed by atoms with Crippen molar-refractivity contribution in [2.75, 3.05) is 33.3 Å². The quantitative estimate of drug-likeness (QED) is 0.367. The number of ether oxygens (including phenoxy) is 1. The molecule has 26 heavy (non-hydrogen) atoms. The second-order valence-electron chi connectivity index (χ2n) is 6.97. The lowest BCUT2D eigenvalue weighted by Crippen LogP contribution is -2.42. The number of nitrogens with one attached hydrogen (secondary N) is 3. The number of methoxy groups -OCH3 is 1. The van der Waals surface area contributed by atoms with Gasteiger partial charge in [0.25, 0.3) is 5.91 Å². The minimum absolute atomic E-state index is 0.0124. The Labute approximate surface area is 161 Å². The minimum Gasteiger partial charge on any atom is -0.379 e. The second-order valence-corrected chi connectivity index (χ2v) is 7.38. The van der Waals surface area contributed by atoms with Gasteiger partial charge in [0.1, 0.15) is 0 Å². The third kappa shape index (κ3) is 7.62. The molecule has 0 aliphatic heterocycles. The van der Waals surface area contributed by atoms with Gasteiger partial charge < -0.3 is 20.7 Å². The topological polar surface area (TPSA) is 74.8 Å². The van der Waals surface area contributed by atoms with Crippen molar-refractivity contribution in [1.82, 2.24) is 16.0 Å². The van der Waals surface area contributed by atoms with E-state index >= 15 is 0 Å². The first kappa shape index (κ1) is 22.3. The molecule has 1 atom stereocenters. The normalized spacial score (nSPS) is 13.2. The zero-order valence-electron chi connectivity index (χ0n) is 16.4. The third-order valence-electron chi connectivity index (χ3n) is 3.83. The fourth-order valence-electron chi connectivity index (χ4n) is 2.32. The summed E-state index contributed by atoms with van der Waals surface area (Å²) in [6, 6.07) is 6.99. The maximum atomic E-state index is 12.1. The van der Waals surface area contributed by atoms with Gasteiger partial charge in [-0.15, -0.1) is 0 Å². The molecule has 3 N–H and O–H groups in total. The Balaban J connectivity index is 2.49. The third-order valence-corrected chi connectivity index (χ3v) is 4.16. The van der Waals surface area contributed by atoms with Crippen molar-refractivity contribution >= 4 is 23.5 Å². The van der Waals surface area contributed by atoms with Crippen LogP contribution in [0, 0.1) is 5.41 Å². The Morgan fingerprint density at radius 3 is 2.42 bits per heavy atom. The van der Waals surface area contributed by atoms with Gasteiger partial charge in [-0.1, -0.05) is 44.5 Å². The van der Waals surface area contributed by atoms with Crippen LogP contribution >= 0.6 is 11.6 Å². The number of carbonyl (C=O) groups is 1. The molecule has 6 nitrogen and oxygen atoms in total. The fraction of sp³-hybridized carbons (Fsp3) is 0.579. The molecular formula is C19H31ClN4O2. The molecule has 0 saturated carbocycles. The molecule has 1 unspecified atom stereocenters. The Morgan fingerprint density at radius 1 is 1.19 bits per heavy atom. The monoisotopic (exact) mass is 382 g/mol. The summed E-state index contributed by atoms with van der Waals surface area (Å²) in [7, 11) is 1.70. The maximum Gasteiger partial charge on any atom is 0.252 e. The zero-order valence-corrected chi connectivity index (χ0v) is 17.1. The standard InChI is InChI=1S/C19H31ClN4O2/c1-6-21-18(24-13-16(26-5)19(2,3)4)23-12-11-22-17(25)14-9-7-8-10-15(14)20/h7-10,16H,6,11-13H2,1-5H3,(H,22,25)(H2,21,23,24). The van der Waals surface area contributed by atoms with Crippen molar-refractivity contribution in [1.29, 1.82) is 0 Å². The summed E-state index contributed by atoms with van der Waals surface area (Å²) in [5.74, 6) is 0.511. The van der Waals surface area contributed by atoms with Crippen LogP contribution in [-0.2, 0) is 4.74 Å². The lowest BCUT2D eigenvalue weighted by atomic mass is 9.89. The molecule has 0 heterocycles. The first-order valence-corrected chi connectivity index (χ1v) is 9.25. The molecule has 146 valence electrons. The van der Waals surface area contributed by atoms with Crippen LogP contribution in [0.25, 0.3) is 0 Å². The molecule has 0 fully saturated rings. The number of halogens is 1. The van der Waals surface area contributed by atoms with Crippen molar-refractivity contribution in [2.24, 2.45) is 10.4 Å². The van der Waals surface area contributed by atoms with Gasteiger partial charge in [-0.2, -0.15) is 0 Å². The van der Waals surface area contributed by atoms with Crippen LogP contribution in [0.4, 0.5) is 0 Å². The number of benzene rings is 1. The van der Waals surface area contributed by atoms with E-state index in [4.69, 9.17) is 16.3 Å². The van der Waals surface area contributed by atoms with Crippen molar-refractivity contribution in [3.8, 4) is 0 Å². The van der Waals surface area contributed by atoms with Gasteiger partial charge in [-0.3, -0.25) is 9.79 Å². The number of hydrogen-bond acceptors (Lipinski definition) is 3. The molecule has 0 spiro atoms. The molecular weight excluding hydrogens is 352 g/mol. The van der Waals surface area contributed by atoms with Gasteiger partial charge in [0, 0.05) is 26.7 Å². The molecule has 1 rings (SSSR count). The van der Waals surface area contributed by atoms with E-state index < -0.39 is 0 Å². The molecule has 7 heteroatoms. The number of amides is 1. The number of hydrogen-bond donors (Lipinski definition) is 3. The van der Waals surface area contributed by atoms with E-state index in [1.807, 2.05) is 6.92 Å². The summed E-state index contributed by atoms with van der Waals surface area (Å²) in [6.07, 6.45) is 0.0258. The van der Waals surface area contributed by atoms with Crippen LogP contribution in [-0.4, -0.2) is 51.3 Å².